The predicted octanol–water partition coefficient (Wildman–Crippen LogP) is 3.05. The molecule has 0 N–H and O–H groups in total. The van der Waals surface area contributed by atoms with E-state index in [1.165, 1.54) is 0 Å². The standard InChI is InChI=1S/C7H3BrClF3N2/c8-4-1-3(7(10,11)12)2-5(9)6(4)14-13/h1-2,4H. The van der Waals surface area contributed by atoms with Crippen LogP contribution in [0.25, 0.3) is 5.53 Å². The highest BCUT2D eigenvalue weighted by Gasteiger charge is 2.38. The van der Waals surface area contributed by atoms with Crippen LogP contribution in [0.4, 0.5) is 13.2 Å². The van der Waals surface area contributed by atoms with Crippen molar-refractivity contribution in [2.75, 3.05) is 0 Å². The van der Waals surface area contributed by atoms with Crippen LogP contribution < -0.4 is 0 Å². The van der Waals surface area contributed by atoms with Gasteiger partial charge in [-0.25, -0.2) is 0 Å². The van der Waals surface area contributed by atoms with Gasteiger partial charge in [0.2, 0.25) is 0 Å². The van der Waals surface area contributed by atoms with Crippen LogP contribution in [0, 0.1) is 0 Å². The van der Waals surface area contributed by atoms with Gasteiger partial charge < -0.3 is 5.53 Å². The Morgan fingerprint density at radius 1 is 1.50 bits per heavy atom. The molecular formula is C7H3BrClF3N2. The molecule has 0 aromatic rings. The van der Waals surface area contributed by atoms with Gasteiger partial charge in [0.05, 0.1) is 5.57 Å². The number of alkyl halides is 4. The van der Waals surface area contributed by atoms with Crippen LogP contribution in [0.3, 0.4) is 0 Å². The molecule has 0 radical (unpaired) electrons. The third-order valence-electron chi connectivity index (χ3n) is 1.55. The molecule has 1 aliphatic rings. The molecule has 0 bridgehead atoms. The van der Waals surface area contributed by atoms with Crippen molar-refractivity contribution in [3.63, 3.8) is 0 Å². The smallest absolute Gasteiger partial charge is 0.361 e. The molecule has 14 heavy (non-hydrogen) atoms. The van der Waals surface area contributed by atoms with Crippen molar-refractivity contribution in [2.24, 2.45) is 0 Å². The van der Waals surface area contributed by atoms with Crippen molar-refractivity contribution in [3.05, 3.63) is 28.3 Å². The van der Waals surface area contributed by atoms with Gasteiger partial charge in [0.1, 0.15) is 9.86 Å². The summed E-state index contributed by atoms with van der Waals surface area (Å²) in [4.78, 5) is 1.95. The van der Waals surface area contributed by atoms with Crippen molar-refractivity contribution in [1.82, 2.24) is 0 Å². The predicted molar refractivity (Wildman–Crippen MR) is 49.4 cm³/mol. The molecular weight excluding hydrogens is 284 g/mol. The van der Waals surface area contributed by atoms with Crippen LogP contribution in [0.5, 0.6) is 0 Å². The molecule has 2 nitrogen and oxygen atoms in total. The molecule has 0 fully saturated rings. The molecule has 0 aliphatic heterocycles. The molecule has 1 unspecified atom stereocenters. The van der Waals surface area contributed by atoms with Gasteiger partial charge in [-0.05, 0) is 12.2 Å². The summed E-state index contributed by atoms with van der Waals surface area (Å²) in [7, 11) is 0. The first-order valence-electron chi connectivity index (χ1n) is 3.39. The van der Waals surface area contributed by atoms with Crippen molar-refractivity contribution in [1.29, 1.82) is 0 Å². The average Bonchev–Trinajstić information content (AvgIpc) is 2.01. The first-order chi connectivity index (χ1) is 6.36. The van der Waals surface area contributed by atoms with E-state index in [2.05, 4.69) is 20.7 Å². The molecule has 0 aromatic heterocycles. The number of hydrogen-bond donors (Lipinski definition) is 0. The molecule has 0 saturated carbocycles. The van der Waals surface area contributed by atoms with Gasteiger partial charge >= 0.3 is 11.9 Å². The lowest BCUT2D eigenvalue weighted by Gasteiger charge is -2.13. The topological polar surface area (TPSA) is 36.4 Å². The summed E-state index contributed by atoms with van der Waals surface area (Å²) in [6.07, 6.45) is -2.86. The van der Waals surface area contributed by atoms with Crippen molar-refractivity contribution >= 4 is 33.2 Å². The molecule has 76 valence electrons. The largest absolute Gasteiger partial charge is 0.416 e. The number of nitrogens with zero attached hydrogens (tertiary/aromatic N) is 2. The van der Waals surface area contributed by atoms with E-state index in [1.807, 2.05) is 0 Å². The lowest BCUT2D eigenvalue weighted by molar-refractivity contribution is -0.0885. The van der Waals surface area contributed by atoms with Crippen LogP contribution in [0.2, 0.25) is 0 Å². The first kappa shape index (κ1) is 11.5. The van der Waals surface area contributed by atoms with E-state index in [4.69, 9.17) is 17.1 Å². The monoisotopic (exact) mass is 286 g/mol. The second-order valence-electron chi connectivity index (χ2n) is 2.50. The molecule has 1 atom stereocenters. The van der Waals surface area contributed by atoms with Crippen molar-refractivity contribution in [3.8, 4) is 0 Å². The summed E-state index contributed by atoms with van der Waals surface area (Å²) in [6.45, 7) is 0. The van der Waals surface area contributed by atoms with Crippen LogP contribution in [-0.2, 0) is 0 Å². The Kier molecular flexibility index (Phi) is 3.19. The average molecular weight is 287 g/mol. The van der Waals surface area contributed by atoms with Gasteiger partial charge in [-0.1, -0.05) is 27.5 Å². The number of hydrogen-bond acceptors (Lipinski definition) is 0. The minimum atomic E-state index is -4.45. The van der Waals surface area contributed by atoms with Gasteiger partial charge in [-0.15, -0.1) is 0 Å². The second-order valence-corrected chi connectivity index (χ2v) is 3.89. The lowest BCUT2D eigenvalue weighted by Crippen LogP contribution is -2.22. The molecule has 1 rings (SSSR count). The summed E-state index contributed by atoms with van der Waals surface area (Å²) in [5, 5.41) is -0.232. The second kappa shape index (κ2) is 3.88. The van der Waals surface area contributed by atoms with E-state index in [-0.39, 0.29) is 10.7 Å². The molecule has 0 aromatic carbocycles. The fraction of sp³-hybridized carbons (Fsp3) is 0.286. The first-order valence-corrected chi connectivity index (χ1v) is 4.68. The van der Waals surface area contributed by atoms with E-state index >= 15 is 0 Å². The minimum Gasteiger partial charge on any atom is -0.361 e. The van der Waals surface area contributed by atoms with E-state index in [0.717, 1.165) is 6.08 Å². The molecule has 0 amide bonds. The van der Waals surface area contributed by atoms with E-state index in [1.54, 1.807) is 0 Å². The fourth-order valence-corrected chi connectivity index (χ4v) is 1.93. The van der Waals surface area contributed by atoms with E-state index < -0.39 is 16.6 Å². The molecule has 0 spiro atoms. The quantitative estimate of drug-likeness (QED) is 0.373. The van der Waals surface area contributed by atoms with Crippen LogP contribution in [0.1, 0.15) is 0 Å². The van der Waals surface area contributed by atoms with E-state index in [9.17, 15) is 13.2 Å². The molecule has 7 heteroatoms. The Bertz CT molecular complexity index is 366. The summed E-state index contributed by atoms with van der Waals surface area (Å²) < 4.78 is 36.7. The zero-order chi connectivity index (χ0) is 10.9. The van der Waals surface area contributed by atoms with Crippen molar-refractivity contribution in [2.45, 2.75) is 11.0 Å². The molecule has 0 heterocycles. The van der Waals surface area contributed by atoms with Crippen LogP contribution in [0.15, 0.2) is 22.8 Å². The highest BCUT2D eigenvalue weighted by molar-refractivity contribution is 9.10. The third kappa shape index (κ3) is 2.26. The van der Waals surface area contributed by atoms with Gasteiger partial charge in [0, 0.05) is 0 Å². The fourth-order valence-electron chi connectivity index (χ4n) is 0.906. The lowest BCUT2D eigenvalue weighted by atomic mass is 10.1. The minimum absolute atomic E-state index is 0.0420. The normalized spacial score (nSPS) is 22.6. The highest BCUT2D eigenvalue weighted by Crippen LogP contribution is 2.33. The Morgan fingerprint density at radius 2 is 2.07 bits per heavy atom. The van der Waals surface area contributed by atoms with Crippen LogP contribution >= 0.6 is 27.5 Å². The van der Waals surface area contributed by atoms with Gasteiger partial charge in [0.25, 0.3) is 0 Å². The SMILES string of the molecule is [N-]=[N+]=C1C(Cl)=CC(C(F)(F)F)=CC1Br. The highest BCUT2D eigenvalue weighted by atomic mass is 79.9. The maximum atomic E-state index is 12.2. The molecule has 1 aliphatic carbocycles. The van der Waals surface area contributed by atoms with Crippen molar-refractivity contribution < 1.29 is 18.0 Å². The Balaban J connectivity index is 3.15. The summed E-state index contributed by atoms with van der Waals surface area (Å²) in [5.41, 5.74) is 7.54. The van der Waals surface area contributed by atoms with Crippen LogP contribution in [-0.4, -0.2) is 21.5 Å². The van der Waals surface area contributed by atoms with Gasteiger partial charge in [-0.3, -0.25) is 0 Å². The number of rotatable bonds is 0. The number of halogens is 5. The summed E-state index contributed by atoms with van der Waals surface area (Å²) >= 11 is 8.37. The van der Waals surface area contributed by atoms with Gasteiger partial charge in [0.15, 0.2) is 0 Å². The summed E-state index contributed by atoms with van der Waals surface area (Å²) in [6, 6.07) is 0. The molecule has 0 saturated heterocycles. The zero-order valence-corrected chi connectivity index (χ0v) is 8.86. The third-order valence-corrected chi connectivity index (χ3v) is 2.55. The Hall–Kier alpha value is -0.580. The number of allylic oxidation sites excluding steroid dienone is 4. The Labute approximate surface area is 90.8 Å². The maximum Gasteiger partial charge on any atom is 0.416 e. The van der Waals surface area contributed by atoms with Gasteiger partial charge in [-0.2, -0.15) is 18.0 Å². The maximum absolute atomic E-state index is 12.2. The zero-order valence-electron chi connectivity index (χ0n) is 6.52. The van der Waals surface area contributed by atoms with E-state index in [0.29, 0.717) is 6.08 Å². The summed E-state index contributed by atoms with van der Waals surface area (Å²) in [5.74, 6) is 0. The Morgan fingerprint density at radius 3 is 2.43 bits per heavy atom.